The van der Waals surface area contributed by atoms with Gasteiger partial charge in [0.15, 0.2) is 9.84 Å². The van der Waals surface area contributed by atoms with Gasteiger partial charge in [-0.1, -0.05) is 36.4 Å². The Morgan fingerprint density at radius 2 is 1.42 bits per heavy atom. The number of rotatable bonds is 5. The Labute approximate surface area is 112 Å². The number of sulfone groups is 1. The van der Waals surface area contributed by atoms with Crippen molar-refractivity contribution in [3.05, 3.63) is 60.7 Å². The molecule has 100 valence electrons. The third-order valence-electron chi connectivity index (χ3n) is 2.73. The molecule has 0 amide bonds. The molecule has 5 heteroatoms. The topological polar surface area (TPSA) is 57.6 Å². The first kappa shape index (κ1) is 13.6. The van der Waals surface area contributed by atoms with Crippen LogP contribution in [-0.4, -0.2) is 25.9 Å². The Morgan fingerprint density at radius 1 is 0.895 bits per heavy atom. The minimum atomic E-state index is -3.37. The number of benzene rings is 2. The molecular formula is C14H15NO3S. The summed E-state index contributed by atoms with van der Waals surface area (Å²) in [6.45, 7) is 0.0290. The van der Waals surface area contributed by atoms with E-state index in [1.807, 2.05) is 6.07 Å². The Kier molecular flexibility index (Phi) is 4.19. The normalized spacial score (nSPS) is 11.2. The van der Waals surface area contributed by atoms with E-state index in [0.717, 1.165) is 5.06 Å². The van der Waals surface area contributed by atoms with Gasteiger partial charge in [0, 0.05) is 0 Å². The SMILES string of the molecule is O=S(=O)(CCN(O)c1ccccc1)c1ccccc1. The maximum atomic E-state index is 12.0. The maximum Gasteiger partial charge on any atom is 0.180 e. The van der Waals surface area contributed by atoms with Crippen molar-refractivity contribution < 1.29 is 13.6 Å². The molecule has 0 spiro atoms. The van der Waals surface area contributed by atoms with E-state index in [2.05, 4.69) is 0 Å². The first-order chi connectivity index (χ1) is 9.09. The van der Waals surface area contributed by atoms with Gasteiger partial charge in [0.2, 0.25) is 0 Å². The zero-order valence-corrected chi connectivity index (χ0v) is 11.1. The molecule has 0 fully saturated rings. The first-order valence-corrected chi connectivity index (χ1v) is 7.54. The van der Waals surface area contributed by atoms with E-state index < -0.39 is 9.84 Å². The third kappa shape index (κ3) is 3.56. The van der Waals surface area contributed by atoms with Crippen molar-refractivity contribution in [2.75, 3.05) is 17.4 Å². The molecule has 19 heavy (non-hydrogen) atoms. The fraction of sp³-hybridized carbons (Fsp3) is 0.143. The van der Waals surface area contributed by atoms with Gasteiger partial charge in [-0.3, -0.25) is 10.3 Å². The summed E-state index contributed by atoms with van der Waals surface area (Å²) in [5.74, 6) is -0.137. The molecule has 0 aliphatic heterocycles. The van der Waals surface area contributed by atoms with E-state index in [1.54, 1.807) is 54.6 Å². The second-order valence-electron chi connectivity index (χ2n) is 4.09. The highest BCUT2D eigenvalue weighted by atomic mass is 32.2. The molecule has 0 aliphatic carbocycles. The minimum absolute atomic E-state index is 0.0290. The lowest BCUT2D eigenvalue weighted by Crippen LogP contribution is -2.25. The Hall–Kier alpha value is -1.85. The fourth-order valence-corrected chi connectivity index (χ4v) is 2.90. The van der Waals surface area contributed by atoms with E-state index in [0.29, 0.717) is 5.69 Å². The third-order valence-corrected chi connectivity index (χ3v) is 4.44. The highest BCUT2D eigenvalue weighted by molar-refractivity contribution is 7.91. The van der Waals surface area contributed by atoms with Crippen molar-refractivity contribution in [1.29, 1.82) is 0 Å². The smallest absolute Gasteiger partial charge is 0.180 e. The number of anilines is 1. The van der Waals surface area contributed by atoms with Gasteiger partial charge in [-0.05, 0) is 24.3 Å². The van der Waals surface area contributed by atoms with Gasteiger partial charge in [0.25, 0.3) is 0 Å². The molecule has 0 atom stereocenters. The van der Waals surface area contributed by atoms with Crippen molar-refractivity contribution in [3.63, 3.8) is 0 Å². The lowest BCUT2D eigenvalue weighted by Gasteiger charge is -2.16. The molecule has 1 N–H and O–H groups in total. The molecule has 0 saturated heterocycles. The predicted octanol–water partition coefficient (Wildman–Crippen LogP) is 2.36. The van der Waals surface area contributed by atoms with Crippen molar-refractivity contribution in [3.8, 4) is 0 Å². The molecule has 0 heterocycles. The predicted molar refractivity (Wildman–Crippen MR) is 74.1 cm³/mol. The number of nitrogens with zero attached hydrogens (tertiary/aromatic N) is 1. The second-order valence-corrected chi connectivity index (χ2v) is 6.20. The largest absolute Gasteiger partial charge is 0.288 e. The number of hydrogen-bond acceptors (Lipinski definition) is 4. The summed E-state index contributed by atoms with van der Waals surface area (Å²) in [6.07, 6.45) is 0. The summed E-state index contributed by atoms with van der Waals surface area (Å²) in [4.78, 5) is 0.275. The van der Waals surface area contributed by atoms with Gasteiger partial charge in [-0.2, -0.15) is 0 Å². The molecule has 4 nitrogen and oxygen atoms in total. The van der Waals surface area contributed by atoms with E-state index in [-0.39, 0.29) is 17.2 Å². The molecule has 0 aliphatic rings. The quantitative estimate of drug-likeness (QED) is 0.852. The van der Waals surface area contributed by atoms with Crippen LogP contribution in [0.4, 0.5) is 5.69 Å². The monoisotopic (exact) mass is 277 g/mol. The Morgan fingerprint density at radius 3 is 2.00 bits per heavy atom. The average molecular weight is 277 g/mol. The molecule has 0 unspecified atom stereocenters. The second kappa shape index (κ2) is 5.86. The molecule has 2 rings (SSSR count). The Bertz CT molecular complexity index is 612. The summed E-state index contributed by atoms with van der Waals surface area (Å²) < 4.78 is 24.1. The van der Waals surface area contributed by atoms with E-state index >= 15 is 0 Å². The highest BCUT2D eigenvalue weighted by Crippen LogP contribution is 2.13. The standard InChI is InChI=1S/C14H15NO3S/c16-15(13-7-3-1-4-8-13)11-12-19(17,18)14-9-5-2-6-10-14/h1-10,16H,11-12H2. The van der Waals surface area contributed by atoms with Crippen molar-refractivity contribution in [2.24, 2.45) is 0 Å². The maximum absolute atomic E-state index is 12.0. The molecule has 0 bridgehead atoms. The minimum Gasteiger partial charge on any atom is -0.288 e. The zero-order chi connectivity index (χ0) is 13.7. The van der Waals surface area contributed by atoms with E-state index in [4.69, 9.17) is 0 Å². The summed E-state index contributed by atoms with van der Waals surface area (Å²) in [7, 11) is -3.37. The van der Waals surface area contributed by atoms with Gasteiger partial charge in [-0.25, -0.2) is 8.42 Å². The molecular weight excluding hydrogens is 262 g/mol. The van der Waals surface area contributed by atoms with Gasteiger partial charge in [0.1, 0.15) is 0 Å². The molecule has 0 saturated carbocycles. The van der Waals surface area contributed by atoms with Crippen LogP contribution in [0.3, 0.4) is 0 Å². The lowest BCUT2D eigenvalue weighted by molar-refractivity contribution is 0.260. The van der Waals surface area contributed by atoms with Crippen LogP contribution >= 0.6 is 0 Å². The van der Waals surface area contributed by atoms with Crippen LogP contribution in [0.2, 0.25) is 0 Å². The number of para-hydroxylation sites is 1. The van der Waals surface area contributed by atoms with Crippen LogP contribution < -0.4 is 5.06 Å². The summed E-state index contributed by atoms with van der Waals surface area (Å²) in [6, 6.07) is 17.1. The molecule has 2 aromatic rings. The van der Waals surface area contributed by atoms with Gasteiger partial charge in [0.05, 0.1) is 22.9 Å². The molecule has 0 aromatic heterocycles. The first-order valence-electron chi connectivity index (χ1n) is 5.89. The van der Waals surface area contributed by atoms with Crippen molar-refractivity contribution in [2.45, 2.75) is 4.90 Å². The van der Waals surface area contributed by atoms with Crippen LogP contribution in [0.25, 0.3) is 0 Å². The lowest BCUT2D eigenvalue weighted by atomic mass is 10.3. The van der Waals surface area contributed by atoms with Crippen LogP contribution in [0.1, 0.15) is 0 Å². The van der Waals surface area contributed by atoms with Gasteiger partial charge in [-0.15, -0.1) is 0 Å². The van der Waals surface area contributed by atoms with Crippen LogP contribution in [0.15, 0.2) is 65.6 Å². The molecule has 0 radical (unpaired) electrons. The van der Waals surface area contributed by atoms with Crippen molar-refractivity contribution >= 4 is 15.5 Å². The summed E-state index contributed by atoms with van der Waals surface area (Å²) in [5, 5.41) is 10.7. The molecule has 2 aromatic carbocycles. The van der Waals surface area contributed by atoms with Crippen LogP contribution in [0.5, 0.6) is 0 Å². The van der Waals surface area contributed by atoms with Gasteiger partial charge >= 0.3 is 0 Å². The average Bonchev–Trinajstić information content (AvgIpc) is 2.47. The highest BCUT2D eigenvalue weighted by Gasteiger charge is 2.15. The number of hydroxylamine groups is 1. The summed E-state index contributed by atoms with van der Waals surface area (Å²) >= 11 is 0. The van der Waals surface area contributed by atoms with Crippen molar-refractivity contribution in [1.82, 2.24) is 0 Å². The van der Waals surface area contributed by atoms with Crippen LogP contribution in [0, 0.1) is 0 Å². The number of hydrogen-bond donors (Lipinski definition) is 1. The van der Waals surface area contributed by atoms with E-state index in [9.17, 15) is 13.6 Å². The van der Waals surface area contributed by atoms with Gasteiger partial charge < -0.3 is 0 Å². The fourth-order valence-electron chi connectivity index (χ4n) is 1.68. The van der Waals surface area contributed by atoms with E-state index in [1.165, 1.54) is 0 Å². The summed E-state index contributed by atoms with van der Waals surface area (Å²) in [5.41, 5.74) is 0.575. The Balaban J connectivity index is 2.03. The van der Waals surface area contributed by atoms with Crippen LogP contribution in [-0.2, 0) is 9.84 Å². The zero-order valence-electron chi connectivity index (χ0n) is 10.3.